The van der Waals surface area contributed by atoms with Crippen molar-refractivity contribution in [2.75, 3.05) is 11.4 Å². The molecule has 0 bridgehead atoms. The number of carboxylic acid groups (broad SMARTS) is 1. The summed E-state index contributed by atoms with van der Waals surface area (Å²) in [6.07, 6.45) is -1.42. The Labute approximate surface area is 221 Å². The number of hydrogen-bond acceptors (Lipinski definition) is 5. The number of halogens is 3. The summed E-state index contributed by atoms with van der Waals surface area (Å²) in [6, 6.07) is 17.2. The second kappa shape index (κ2) is 12.2. The van der Waals surface area contributed by atoms with Crippen LogP contribution in [0.3, 0.4) is 0 Å². The molecule has 0 amide bonds. The maximum Gasteiger partial charge on any atom is 0.573 e. The Morgan fingerprint density at radius 3 is 2.26 bits per heavy atom. The molecule has 0 saturated carbocycles. The summed E-state index contributed by atoms with van der Waals surface area (Å²) in [5.74, 6) is 0.281. The number of nitrogens with zero attached hydrogens (tertiary/aromatic N) is 2. The number of aromatic nitrogens is 1. The molecule has 3 rings (SSSR count). The normalized spacial score (nSPS) is 11.9. The molecule has 0 saturated heterocycles. The van der Waals surface area contributed by atoms with Crippen LogP contribution < -0.4 is 14.4 Å². The van der Waals surface area contributed by atoms with Gasteiger partial charge in [-0.05, 0) is 79.6 Å². The molecule has 1 aromatic heterocycles. The Balaban J connectivity index is 1.71. The van der Waals surface area contributed by atoms with E-state index in [1.807, 2.05) is 36.5 Å². The lowest BCUT2D eigenvalue weighted by molar-refractivity contribution is -0.274. The molecule has 9 heteroatoms. The number of pyridine rings is 1. The zero-order valence-corrected chi connectivity index (χ0v) is 22.0. The molecule has 0 atom stereocenters. The molecule has 6 nitrogen and oxygen atoms in total. The van der Waals surface area contributed by atoms with E-state index >= 15 is 0 Å². The van der Waals surface area contributed by atoms with Crippen molar-refractivity contribution in [3.8, 4) is 11.5 Å². The highest BCUT2D eigenvalue weighted by Crippen LogP contribution is 2.25. The van der Waals surface area contributed by atoms with Crippen LogP contribution in [0.5, 0.6) is 11.5 Å². The number of rotatable bonds is 12. The molecule has 0 spiro atoms. The highest BCUT2D eigenvalue weighted by atomic mass is 19.4. The van der Waals surface area contributed by atoms with Crippen LogP contribution in [0.2, 0.25) is 0 Å². The molecule has 0 unspecified atom stereocenters. The molecule has 0 aliphatic carbocycles. The fourth-order valence-corrected chi connectivity index (χ4v) is 3.79. The molecule has 0 aliphatic rings. The summed E-state index contributed by atoms with van der Waals surface area (Å²) >= 11 is 0. The Hall–Kier alpha value is -3.75. The van der Waals surface area contributed by atoms with Gasteiger partial charge in [-0.2, -0.15) is 0 Å². The van der Waals surface area contributed by atoms with E-state index in [4.69, 9.17) is 4.74 Å². The number of benzene rings is 2. The lowest BCUT2D eigenvalue weighted by Gasteiger charge is -2.25. The molecular weight excluding hydrogens is 497 g/mol. The number of alkyl halides is 3. The number of carboxylic acids is 1. The smallest absolute Gasteiger partial charge is 0.478 e. The fourth-order valence-electron chi connectivity index (χ4n) is 3.79. The average molecular weight is 531 g/mol. The van der Waals surface area contributed by atoms with Crippen LogP contribution in [-0.2, 0) is 17.8 Å². The van der Waals surface area contributed by atoms with Crippen molar-refractivity contribution >= 4 is 11.8 Å². The Morgan fingerprint density at radius 1 is 0.974 bits per heavy atom. The monoisotopic (exact) mass is 530 g/mol. The molecule has 2 aromatic carbocycles. The summed E-state index contributed by atoms with van der Waals surface area (Å²) in [5.41, 5.74) is 1.59. The topological polar surface area (TPSA) is 71.9 Å². The van der Waals surface area contributed by atoms with Gasteiger partial charge in [-0.3, -0.25) is 0 Å². The molecule has 3 aromatic rings. The summed E-state index contributed by atoms with van der Waals surface area (Å²) in [6.45, 7) is 8.28. The molecular formula is C29H33F3N2O4. The number of hydrogen-bond donors (Lipinski definition) is 1. The van der Waals surface area contributed by atoms with Gasteiger partial charge in [0.05, 0.1) is 0 Å². The van der Waals surface area contributed by atoms with Gasteiger partial charge in [0, 0.05) is 19.3 Å². The maximum atomic E-state index is 12.5. The van der Waals surface area contributed by atoms with Crippen LogP contribution in [0.15, 0.2) is 66.9 Å². The average Bonchev–Trinajstić information content (AvgIpc) is 2.83. The molecule has 1 N–H and O–H groups in total. The van der Waals surface area contributed by atoms with Gasteiger partial charge in [0.25, 0.3) is 0 Å². The molecule has 38 heavy (non-hydrogen) atoms. The van der Waals surface area contributed by atoms with E-state index in [2.05, 4.69) is 28.5 Å². The quantitative estimate of drug-likeness (QED) is 0.272. The highest BCUT2D eigenvalue weighted by molar-refractivity contribution is 5.76. The maximum absolute atomic E-state index is 12.5. The van der Waals surface area contributed by atoms with E-state index in [0.717, 1.165) is 28.9 Å². The lowest BCUT2D eigenvalue weighted by Crippen LogP contribution is -2.37. The van der Waals surface area contributed by atoms with Gasteiger partial charge in [-0.25, -0.2) is 9.78 Å². The van der Waals surface area contributed by atoms with E-state index < -0.39 is 17.9 Å². The fraction of sp³-hybridized carbons (Fsp3) is 0.379. The van der Waals surface area contributed by atoms with Gasteiger partial charge in [-0.1, -0.05) is 44.2 Å². The third-order valence-corrected chi connectivity index (χ3v) is 5.97. The van der Waals surface area contributed by atoms with Gasteiger partial charge in [0.2, 0.25) is 0 Å². The van der Waals surface area contributed by atoms with Crippen molar-refractivity contribution in [2.24, 2.45) is 0 Å². The number of ether oxygens (including phenoxy) is 2. The summed E-state index contributed by atoms with van der Waals surface area (Å²) in [5, 5.41) is 9.32. The van der Waals surface area contributed by atoms with Crippen LogP contribution >= 0.6 is 0 Å². The summed E-state index contributed by atoms with van der Waals surface area (Å²) in [4.78, 5) is 18.1. The third-order valence-electron chi connectivity index (χ3n) is 5.97. The SMILES string of the molecule is CC(C)c1ccc(N(CCCc2cccc(OC(C)(C)C(=O)O)c2)Cc2ccc(OC(F)(F)F)cc2)nc1. The van der Waals surface area contributed by atoms with Crippen LogP contribution in [0, 0.1) is 0 Å². The van der Waals surface area contributed by atoms with Crippen LogP contribution in [0.1, 0.15) is 56.7 Å². The van der Waals surface area contributed by atoms with E-state index in [1.165, 1.54) is 26.0 Å². The minimum atomic E-state index is -4.73. The standard InChI is InChI=1S/C29H33F3N2O4/c1-20(2)23-12-15-26(33-18-23)34(19-22-10-13-24(14-11-22)38-29(30,31)32)16-6-8-21-7-5-9-25(17-21)37-28(3,4)27(35)36/h5,7,9-15,17-18,20H,6,8,16,19H2,1-4H3,(H,35,36). The van der Waals surface area contributed by atoms with Gasteiger partial charge in [-0.15, -0.1) is 13.2 Å². The second-order valence-electron chi connectivity index (χ2n) is 9.89. The number of anilines is 1. The van der Waals surface area contributed by atoms with Crippen LogP contribution in [0.25, 0.3) is 0 Å². The minimum absolute atomic E-state index is 0.264. The first-order chi connectivity index (χ1) is 17.8. The lowest BCUT2D eigenvalue weighted by atomic mass is 10.1. The molecule has 0 radical (unpaired) electrons. The van der Waals surface area contributed by atoms with E-state index in [0.29, 0.717) is 31.2 Å². The van der Waals surface area contributed by atoms with Crippen LogP contribution in [0.4, 0.5) is 19.0 Å². The predicted octanol–water partition coefficient (Wildman–Crippen LogP) is 6.99. The summed E-state index contributed by atoms with van der Waals surface area (Å²) < 4.78 is 47.2. The highest BCUT2D eigenvalue weighted by Gasteiger charge is 2.31. The van der Waals surface area contributed by atoms with E-state index in [-0.39, 0.29) is 5.75 Å². The van der Waals surface area contributed by atoms with E-state index in [9.17, 15) is 23.1 Å². The Morgan fingerprint density at radius 2 is 1.68 bits per heavy atom. The van der Waals surface area contributed by atoms with Crippen molar-refractivity contribution < 1.29 is 32.5 Å². The summed E-state index contributed by atoms with van der Waals surface area (Å²) in [7, 11) is 0. The van der Waals surface area contributed by atoms with Crippen molar-refractivity contribution in [1.29, 1.82) is 0 Å². The first kappa shape index (κ1) is 28.8. The zero-order chi connectivity index (χ0) is 27.9. The van der Waals surface area contributed by atoms with Crippen molar-refractivity contribution in [2.45, 2.75) is 65.0 Å². The first-order valence-electron chi connectivity index (χ1n) is 12.4. The van der Waals surface area contributed by atoms with Gasteiger partial charge in [0.1, 0.15) is 17.3 Å². The second-order valence-corrected chi connectivity index (χ2v) is 9.89. The number of aliphatic carboxylic acids is 1. The largest absolute Gasteiger partial charge is 0.573 e. The minimum Gasteiger partial charge on any atom is -0.478 e. The molecule has 0 aliphatic heterocycles. The van der Waals surface area contributed by atoms with E-state index in [1.54, 1.807) is 18.2 Å². The van der Waals surface area contributed by atoms with Gasteiger partial charge in [0.15, 0.2) is 5.60 Å². The Kier molecular flexibility index (Phi) is 9.25. The molecule has 0 fully saturated rings. The third kappa shape index (κ3) is 8.68. The van der Waals surface area contributed by atoms with Crippen molar-refractivity contribution in [1.82, 2.24) is 4.98 Å². The zero-order valence-electron chi connectivity index (χ0n) is 22.0. The number of aryl methyl sites for hydroxylation is 1. The van der Waals surface area contributed by atoms with Crippen molar-refractivity contribution in [3.63, 3.8) is 0 Å². The number of carbonyl (C=O) groups is 1. The van der Waals surface area contributed by atoms with Crippen LogP contribution in [-0.4, -0.2) is 34.6 Å². The molecule has 1 heterocycles. The molecule has 204 valence electrons. The predicted molar refractivity (Wildman–Crippen MR) is 140 cm³/mol. The van der Waals surface area contributed by atoms with Gasteiger partial charge < -0.3 is 19.5 Å². The van der Waals surface area contributed by atoms with Gasteiger partial charge >= 0.3 is 12.3 Å². The first-order valence-corrected chi connectivity index (χ1v) is 12.4. The Bertz CT molecular complexity index is 1190. The van der Waals surface area contributed by atoms with Crippen molar-refractivity contribution in [3.05, 3.63) is 83.6 Å².